The van der Waals surface area contributed by atoms with Gasteiger partial charge in [0.2, 0.25) is 0 Å². The lowest BCUT2D eigenvalue weighted by atomic mass is 10.0. The summed E-state index contributed by atoms with van der Waals surface area (Å²) in [6.07, 6.45) is 3.28. The van der Waals surface area contributed by atoms with Gasteiger partial charge >= 0.3 is 0 Å². The Labute approximate surface area is 139 Å². The van der Waals surface area contributed by atoms with E-state index < -0.39 is 27.7 Å². The summed E-state index contributed by atoms with van der Waals surface area (Å²) in [5.41, 5.74) is 0.244. The number of nitrogens with zero attached hydrogens (tertiary/aromatic N) is 3. The Morgan fingerprint density at radius 3 is 2.83 bits per heavy atom. The van der Waals surface area contributed by atoms with E-state index >= 15 is 0 Å². The highest BCUT2D eigenvalue weighted by atomic mass is 32.2. The zero-order chi connectivity index (χ0) is 17.3. The van der Waals surface area contributed by atoms with Crippen molar-refractivity contribution in [3.8, 4) is 0 Å². The summed E-state index contributed by atoms with van der Waals surface area (Å²) >= 11 is 0. The van der Waals surface area contributed by atoms with Crippen molar-refractivity contribution in [1.82, 2.24) is 9.19 Å². The molecule has 0 amide bonds. The largest absolute Gasteiger partial charge is 0.349 e. The molecule has 1 fully saturated rings. The lowest BCUT2D eigenvalue weighted by Gasteiger charge is -2.27. The number of aromatic nitrogens is 2. The molecule has 5 nitrogen and oxygen atoms in total. The zero-order valence-corrected chi connectivity index (χ0v) is 14.1. The molecular formula is C16H19F2N3O2S. The van der Waals surface area contributed by atoms with Gasteiger partial charge in [0.25, 0.3) is 10.0 Å². The molecule has 1 saturated heterocycles. The Morgan fingerprint density at radius 2 is 2.08 bits per heavy atom. The van der Waals surface area contributed by atoms with Crippen molar-refractivity contribution in [3.63, 3.8) is 0 Å². The molecule has 0 unspecified atom stereocenters. The monoisotopic (exact) mass is 355 g/mol. The fraction of sp³-hybridized carbons (Fsp3) is 0.438. The van der Waals surface area contributed by atoms with E-state index in [0.717, 1.165) is 22.6 Å². The first-order chi connectivity index (χ1) is 11.4. The highest BCUT2D eigenvalue weighted by Gasteiger charge is 2.32. The third-order valence-corrected chi connectivity index (χ3v) is 5.91. The Kier molecular flexibility index (Phi) is 4.58. The summed E-state index contributed by atoms with van der Waals surface area (Å²) in [5, 5.41) is 3.94. The molecule has 24 heavy (non-hydrogen) atoms. The van der Waals surface area contributed by atoms with Crippen molar-refractivity contribution in [3.05, 3.63) is 47.7 Å². The molecule has 0 N–H and O–H groups in total. The summed E-state index contributed by atoms with van der Waals surface area (Å²) < 4.78 is 53.5. The second-order valence-corrected chi connectivity index (χ2v) is 7.78. The van der Waals surface area contributed by atoms with E-state index in [0.29, 0.717) is 25.2 Å². The van der Waals surface area contributed by atoms with Crippen LogP contribution in [-0.4, -0.2) is 29.9 Å². The topological polar surface area (TPSA) is 55.2 Å². The lowest BCUT2D eigenvalue weighted by molar-refractivity contribution is 0.556. The van der Waals surface area contributed by atoms with Crippen LogP contribution in [0.15, 0.2) is 30.5 Å². The van der Waals surface area contributed by atoms with Gasteiger partial charge in [-0.05, 0) is 37.5 Å². The van der Waals surface area contributed by atoms with Crippen LogP contribution in [-0.2, 0) is 10.0 Å². The van der Waals surface area contributed by atoms with Crippen molar-refractivity contribution in [2.24, 2.45) is 0 Å². The van der Waals surface area contributed by atoms with Crippen LogP contribution in [0.25, 0.3) is 0 Å². The second kappa shape index (κ2) is 6.51. The van der Waals surface area contributed by atoms with Crippen LogP contribution in [0, 0.1) is 11.6 Å². The van der Waals surface area contributed by atoms with Crippen LogP contribution in [0.5, 0.6) is 0 Å². The fourth-order valence-corrected chi connectivity index (χ4v) is 4.52. The summed E-state index contributed by atoms with van der Waals surface area (Å²) in [7, 11) is -3.56. The first-order valence-electron chi connectivity index (χ1n) is 7.93. The maximum Gasteiger partial charge on any atom is 0.255 e. The molecule has 2 heterocycles. The van der Waals surface area contributed by atoms with Crippen molar-refractivity contribution < 1.29 is 17.2 Å². The number of halogens is 2. The first kappa shape index (κ1) is 16.9. The molecule has 0 spiro atoms. The number of hydrogen-bond donors (Lipinski definition) is 0. The summed E-state index contributed by atoms with van der Waals surface area (Å²) in [5.74, 6) is -0.620. The molecule has 1 aliphatic heterocycles. The summed E-state index contributed by atoms with van der Waals surface area (Å²) in [4.78, 5) is 1.79. The van der Waals surface area contributed by atoms with E-state index in [9.17, 15) is 17.2 Å². The van der Waals surface area contributed by atoms with E-state index in [1.807, 2.05) is 0 Å². The van der Waals surface area contributed by atoms with Gasteiger partial charge in [-0.2, -0.15) is 5.10 Å². The van der Waals surface area contributed by atoms with E-state index in [4.69, 9.17) is 0 Å². The van der Waals surface area contributed by atoms with Gasteiger partial charge in [-0.1, -0.05) is 6.92 Å². The van der Waals surface area contributed by atoms with Gasteiger partial charge in [-0.3, -0.25) is 0 Å². The van der Waals surface area contributed by atoms with Gasteiger partial charge in [0, 0.05) is 18.2 Å². The SMILES string of the molecule is CCCS(=O)(=O)n1nccc1N1CCC[C@@H]1c1cc(F)ccc1F. The van der Waals surface area contributed by atoms with Crippen molar-refractivity contribution in [2.75, 3.05) is 17.2 Å². The minimum atomic E-state index is -3.56. The molecule has 130 valence electrons. The van der Waals surface area contributed by atoms with E-state index in [1.54, 1.807) is 17.9 Å². The Hall–Kier alpha value is -1.96. The van der Waals surface area contributed by atoms with Crippen molar-refractivity contribution >= 4 is 15.8 Å². The average molecular weight is 355 g/mol. The molecule has 8 heteroatoms. The van der Waals surface area contributed by atoms with Gasteiger partial charge < -0.3 is 4.90 Å². The highest BCUT2D eigenvalue weighted by molar-refractivity contribution is 7.89. The van der Waals surface area contributed by atoms with E-state index in [-0.39, 0.29) is 11.3 Å². The van der Waals surface area contributed by atoms with Gasteiger partial charge in [0.05, 0.1) is 18.0 Å². The number of benzene rings is 1. The molecule has 0 aliphatic carbocycles. The van der Waals surface area contributed by atoms with E-state index in [1.165, 1.54) is 12.3 Å². The number of anilines is 1. The highest BCUT2D eigenvalue weighted by Crippen LogP contribution is 2.37. The van der Waals surface area contributed by atoms with Crippen molar-refractivity contribution in [2.45, 2.75) is 32.2 Å². The van der Waals surface area contributed by atoms with Crippen LogP contribution in [0.1, 0.15) is 37.8 Å². The van der Waals surface area contributed by atoms with Crippen LogP contribution < -0.4 is 4.90 Å². The van der Waals surface area contributed by atoms with Gasteiger partial charge in [-0.15, -0.1) is 4.09 Å². The Morgan fingerprint density at radius 1 is 1.29 bits per heavy atom. The maximum atomic E-state index is 14.2. The normalized spacial score (nSPS) is 18.3. The van der Waals surface area contributed by atoms with Crippen LogP contribution >= 0.6 is 0 Å². The molecular weight excluding hydrogens is 336 g/mol. The number of hydrogen-bond acceptors (Lipinski definition) is 4. The smallest absolute Gasteiger partial charge is 0.255 e. The molecule has 2 aromatic rings. The Balaban J connectivity index is 2.01. The number of rotatable bonds is 5. The molecule has 1 aromatic carbocycles. The molecule has 1 aromatic heterocycles. The quantitative estimate of drug-likeness (QED) is 0.827. The Bertz CT molecular complexity index is 836. The third kappa shape index (κ3) is 3.02. The van der Waals surface area contributed by atoms with E-state index in [2.05, 4.69) is 5.10 Å². The standard InChI is InChI=1S/C16H19F2N3O2S/c1-2-10-24(22,23)21-16(7-8-19-21)20-9-3-4-15(20)13-11-12(17)5-6-14(13)18/h5-8,11,15H,2-4,9-10H2,1H3/t15-/m1/s1. The molecule has 0 radical (unpaired) electrons. The van der Waals surface area contributed by atoms with Crippen LogP contribution in [0.4, 0.5) is 14.6 Å². The predicted molar refractivity (Wildman–Crippen MR) is 87.4 cm³/mol. The summed E-state index contributed by atoms with van der Waals surface area (Å²) in [6.45, 7) is 2.34. The fourth-order valence-electron chi connectivity index (χ4n) is 3.18. The zero-order valence-electron chi connectivity index (χ0n) is 13.3. The van der Waals surface area contributed by atoms with Crippen LogP contribution in [0.3, 0.4) is 0 Å². The molecule has 1 atom stereocenters. The molecule has 1 aliphatic rings. The molecule has 3 rings (SSSR count). The van der Waals surface area contributed by atoms with Gasteiger partial charge in [0.1, 0.15) is 17.5 Å². The third-order valence-electron chi connectivity index (χ3n) is 4.18. The minimum absolute atomic E-state index is 0.0193. The molecule has 0 saturated carbocycles. The van der Waals surface area contributed by atoms with Gasteiger partial charge in [0.15, 0.2) is 0 Å². The minimum Gasteiger partial charge on any atom is -0.349 e. The lowest BCUT2D eigenvalue weighted by Crippen LogP contribution is -2.29. The van der Waals surface area contributed by atoms with Crippen LogP contribution in [0.2, 0.25) is 0 Å². The van der Waals surface area contributed by atoms with Crippen molar-refractivity contribution in [1.29, 1.82) is 0 Å². The summed E-state index contributed by atoms with van der Waals surface area (Å²) in [6, 6.07) is 4.55. The maximum absolute atomic E-state index is 14.2. The molecule has 0 bridgehead atoms. The van der Waals surface area contributed by atoms with Gasteiger partial charge in [-0.25, -0.2) is 17.2 Å². The predicted octanol–water partition coefficient (Wildman–Crippen LogP) is 3.09. The first-order valence-corrected chi connectivity index (χ1v) is 9.54. The average Bonchev–Trinajstić information content (AvgIpc) is 3.17. The second-order valence-electron chi connectivity index (χ2n) is 5.87.